The van der Waals surface area contributed by atoms with Crippen LogP contribution in [0.5, 0.6) is 11.5 Å². The molecule has 10 heteroatoms. The third-order valence-electron chi connectivity index (χ3n) is 4.60. The number of hydrogen-bond donors (Lipinski definition) is 1. The minimum atomic E-state index is -1.67. The lowest BCUT2D eigenvalue weighted by molar-refractivity contribution is -0.125. The van der Waals surface area contributed by atoms with Gasteiger partial charge in [0.1, 0.15) is 5.75 Å². The Morgan fingerprint density at radius 3 is 2.59 bits per heavy atom. The van der Waals surface area contributed by atoms with Crippen LogP contribution in [0.4, 0.5) is 4.79 Å². The first kappa shape index (κ1) is 20.7. The maximum Gasteiger partial charge on any atom is 0.427 e. The van der Waals surface area contributed by atoms with Gasteiger partial charge >= 0.3 is 6.09 Å². The van der Waals surface area contributed by atoms with Crippen LogP contribution in [0.2, 0.25) is 10.0 Å². The number of imide groups is 1. The molecule has 1 N–H and O–H groups in total. The molecule has 0 saturated heterocycles. The second-order valence-electron chi connectivity index (χ2n) is 6.52. The van der Waals surface area contributed by atoms with E-state index in [4.69, 9.17) is 38.3 Å². The molecule has 1 aromatic carbocycles. The molecular formula is C19H15Cl2N3O5. The predicted molar refractivity (Wildman–Crippen MR) is 104 cm³/mol. The van der Waals surface area contributed by atoms with Crippen molar-refractivity contribution in [1.82, 2.24) is 9.47 Å². The monoisotopic (exact) mass is 435 g/mol. The number of nitrogens with zero attached hydrogens (tertiary/aromatic N) is 3. The molecule has 0 spiro atoms. The van der Waals surface area contributed by atoms with Crippen molar-refractivity contribution in [2.45, 2.75) is 32.2 Å². The van der Waals surface area contributed by atoms with Crippen molar-refractivity contribution >= 4 is 35.2 Å². The van der Waals surface area contributed by atoms with E-state index in [9.17, 15) is 14.4 Å². The molecule has 0 saturated carbocycles. The number of halogens is 2. The van der Waals surface area contributed by atoms with Crippen LogP contribution in [0.3, 0.4) is 0 Å². The van der Waals surface area contributed by atoms with Crippen molar-refractivity contribution in [1.29, 1.82) is 5.26 Å². The van der Waals surface area contributed by atoms with Gasteiger partial charge in [-0.25, -0.2) is 4.79 Å². The maximum absolute atomic E-state index is 12.1. The van der Waals surface area contributed by atoms with Crippen LogP contribution in [0.1, 0.15) is 30.6 Å². The van der Waals surface area contributed by atoms with E-state index in [-0.39, 0.29) is 38.7 Å². The normalized spacial score (nSPS) is 14.8. The van der Waals surface area contributed by atoms with Crippen LogP contribution in [-0.4, -0.2) is 26.6 Å². The molecule has 2 heterocycles. The summed E-state index contributed by atoms with van der Waals surface area (Å²) in [6, 6.07) is 5.87. The van der Waals surface area contributed by atoms with Crippen LogP contribution >= 0.6 is 23.2 Å². The Morgan fingerprint density at radius 2 is 2.00 bits per heavy atom. The Bertz CT molecular complexity index is 1080. The Morgan fingerprint density at radius 1 is 1.34 bits per heavy atom. The van der Waals surface area contributed by atoms with E-state index in [2.05, 4.69) is 0 Å². The van der Waals surface area contributed by atoms with E-state index >= 15 is 0 Å². The zero-order chi connectivity index (χ0) is 21.3. The second-order valence-corrected chi connectivity index (χ2v) is 7.33. The lowest BCUT2D eigenvalue weighted by atomic mass is 10.1. The van der Waals surface area contributed by atoms with Gasteiger partial charge in [0, 0.05) is 12.1 Å². The topological polar surface area (TPSA) is 113 Å². The molecule has 0 bridgehead atoms. The van der Waals surface area contributed by atoms with Crippen LogP contribution in [0, 0.1) is 11.5 Å². The first-order valence-electron chi connectivity index (χ1n) is 8.58. The number of carbonyl (C=O) groups excluding carboxylic acids is 1. The number of aromatic nitrogens is 1. The largest absolute Gasteiger partial charge is 0.464 e. The molecule has 1 aromatic heterocycles. The number of carbonyl (C=O) groups is 2. The zero-order valence-corrected chi connectivity index (χ0v) is 16.7. The first-order valence-corrected chi connectivity index (χ1v) is 9.34. The maximum atomic E-state index is 12.1. The average Bonchev–Trinajstić information content (AvgIpc) is 3.03. The molecule has 0 fully saturated rings. The number of nitriles is 1. The van der Waals surface area contributed by atoms with E-state index in [1.165, 1.54) is 24.4 Å². The van der Waals surface area contributed by atoms with Gasteiger partial charge in [-0.1, -0.05) is 23.2 Å². The molecule has 2 amide bonds. The molecule has 1 atom stereocenters. The van der Waals surface area contributed by atoms with E-state index in [1.54, 1.807) is 10.6 Å². The fourth-order valence-electron chi connectivity index (χ4n) is 3.25. The van der Waals surface area contributed by atoms with Crippen LogP contribution in [0.25, 0.3) is 0 Å². The third kappa shape index (κ3) is 4.06. The molecular weight excluding hydrogens is 421 g/mol. The molecule has 1 unspecified atom stereocenters. The van der Waals surface area contributed by atoms with E-state index in [0.29, 0.717) is 17.7 Å². The van der Waals surface area contributed by atoms with Gasteiger partial charge in [0.15, 0.2) is 11.9 Å². The van der Waals surface area contributed by atoms with Gasteiger partial charge in [0.25, 0.3) is 5.56 Å². The predicted octanol–water partition coefficient (Wildman–Crippen LogP) is 3.98. The van der Waals surface area contributed by atoms with E-state index in [0.717, 1.165) is 12.1 Å². The molecule has 0 radical (unpaired) electrons. The van der Waals surface area contributed by atoms with E-state index in [1.807, 2.05) is 6.92 Å². The van der Waals surface area contributed by atoms with Crippen molar-refractivity contribution in [3.05, 3.63) is 55.9 Å². The SMILES string of the molecule is CC1CCc2c(Oc3c(Cl)cc(CC(=O)N(C#N)C(=O)O)cc3Cl)ccc(=O)n21. The Kier molecular flexibility index (Phi) is 5.82. The molecule has 3 rings (SSSR count). The van der Waals surface area contributed by atoms with Crippen molar-refractivity contribution < 1.29 is 19.4 Å². The van der Waals surface area contributed by atoms with Crippen LogP contribution in [0.15, 0.2) is 29.1 Å². The van der Waals surface area contributed by atoms with Gasteiger partial charge in [-0.15, -0.1) is 4.90 Å². The number of pyridine rings is 1. The summed E-state index contributed by atoms with van der Waals surface area (Å²) in [4.78, 5) is 34.9. The molecule has 1 aliphatic rings. The van der Waals surface area contributed by atoms with Gasteiger partial charge in [-0.05, 0) is 43.5 Å². The molecule has 8 nitrogen and oxygen atoms in total. The van der Waals surface area contributed by atoms with Crippen LogP contribution < -0.4 is 10.3 Å². The summed E-state index contributed by atoms with van der Waals surface area (Å²) >= 11 is 12.5. The van der Waals surface area contributed by atoms with Crippen molar-refractivity contribution in [2.75, 3.05) is 0 Å². The zero-order valence-electron chi connectivity index (χ0n) is 15.2. The van der Waals surface area contributed by atoms with Gasteiger partial charge in [0.2, 0.25) is 5.91 Å². The van der Waals surface area contributed by atoms with Gasteiger partial charge in [0.05, 0.1) is 22.2 Å². The number of carboxylic acid groups (broad SMARTS) is 1. The van der Waals surface area contributed by atoms with Crippen molar-refractivity contribution in [3.63, 3.8) is 0 Å². The van der Waals surface area contributed by atoms with Gasteiger partial charge < -0.3 is 14.4 Å². The molecule has 1 aliphatic heterocycles. The van der Waals surface area contributed by atoms with Gasteiger partial charge in [-0.2, -0.15) is 5.26 Å². The second kappa shape index (κ2) is 8.15. The molecule has 29 heavy (non-hydrogen) atoms. The highest BCUT2D eigenvalue weighted by Gasteiger charge is 2.25. The number of amides is 2. The molecule has 2 aromatic rings. The molecule has 150 valence electrons. The Balaban J connectivity index is 1.89. The average molecular weight is 436 g/mol. The fraction of sp³-hybridized carbons (Fsp3) is 0.263. The summed E-state index contributed by atoms with van der Waals surface area (Å²) in [5, 5.41) is 17.8. The molecule has 0 aliphatic carbocycles. The fourth-order valence-corrected chi connectivity index (χ4v) is 3.86. The first-order chi connectivity index (χ1) is 13.7. The summed E-state index contributed by atoms with van der Waals surface area (Å²) in [6.07, 6.45) is 0.732. The van der Waals surface area contributed by atoms with Crippen LogP contribution in [-0.2, 0) is 17.6 Å². The number of benzene rings is 1. The minimum absolute atomic E-state index is 0.0262. The summed E-state index contributed by atoms with van der Waals surface area (Å²) in [5.41, 5.74) is 0.966. The number of rotatable bonds is 4. The lowest BCUT2D eigenvalue weighted by Crippen LogP contribution is -2.32. The lowest BCUT2D eigenvalue weighted by Gasteiger charge is -2.16. The van der Waals surface area contributed by atoms with E-state index < -0.39 is 12.0 Å². The quantitative estimate of drug-likeness (QED) is 0.573. The summed E-state index contributed by atoms with van der Waals surface area (Å²) in [7, 11) is 0. The smallest absolute Gasteiger partial charge is 0.427 e. The highest BCUT2D eigenvalue weighted by Crippen LogP contribution is 2.40. The third-order valence-corrected chi connectivity index (χ3v) is 5.16. The minimum Gasteiger partial charge on any atom is -0.464 e. The standard InChI is InChI=1S/C19H15Cl2N3O5/c1-10-2-3-14-15(4-5-16(25)24(10)14)29-18-12(20)6-11(7-13(18)21)8-17(26)23(9-22)19(27)28/h4-7,10H,2-3,8H2,1H3,(H,27,28). The summed E-state index contributed by atoms with van der Waals surface area (Å²) in [6.45, 7) is 1.95. The number of fused-ring (bicyclic) bond motifs is 1. The number of hydrogen-bond acceptors (Lipinski definition) is 5. The summed E-state index contributed by atoms with van der Waals surface area (Å²) < 4.78 is 7.56. The van der Waals surface area contributed by atoms with Crippen molar-refractivity contribution in [2.24, 2.45) is 0 Å². The summed E-state index contributed by atoms with van der Waals surface area (Å²) in [5.74, 6) is -0.320. The van der Waals surface area contributed by atoms with Crippen molar-refractivity contribution in [3.8, 4) is 17.7 Å². The Labute approximate surface area is 175 Å². The highest BCUT2D eigenvalue weighted by molar-refractivity contribution is 6.37. The number of ether oxygens (including phenoxy) is 1. The highest BCUT2D eigenvalue weighted by atomic mass is 35.5. The van der Waals surface area contributed by atoms with Gasteiger partial charge in [-0.3, -0.25) is 9.59 Å². The Hall–Kier alpha value is -3.02.